The fourth-order valence-corrected chi connectivity index (χ4v) is 3.46. The summed E-state index contributed by atoms with van der Waals surface area (Å²) in [7, 11) is 0. The van der Waals surface area contributed by atoms with E-state index in [1.54, 1.807) is 0 Å². The number of aliphatic imine (C=N–C) groups is 1. The number of thioether (sulfide) groups is 1. The van der Waals surface area contributed by atoms with Gasteiger partial charge in [0, 0.05) is 22.8 Å². The minimum Gasteiger partial charge on any atom is -0.357 e. The molecular formula is C15H23BrIN3S. The lowest BCUT2D eigenvalue weighted by atomic mass is 10.2. The third-order valence-corrected chi connectivity index (χ3v) is 4.92. The molecular weight excluding hydrogens is 461 g/mol. The number of guanidine groups is 1. The Balaban J connectivity index is 0.00000220. The first-order valence-electron chi connectivity index (χ1n) is 7.15. The summed E-state index contributed by atoms with van der Waals surface area (Å²) in [5.74, 6) is 3.41. The van der Waals surface area contributed by atoms with E-state index in [2.05, 4.69) is 62.7 Å². The van der Waals surface area contributed by atoms with Gasteiger partial charge in [-0.15, -0.1) is 24.0 Å². The van der Waals surface area contributed by atoms with Crippen LogP contribution < -0.4 is 10.6 Å². The summed E-state index contributed by atoms with van der Waals surface area (Å²) in [6, 6.07) is 8.88. The van der Waals surface area contributed by atoms with Crippen molar-refractivity contribution in [1.82, 2.24) is 10.6 Å². The maximum Gasteiger partial charge on any atom is 0.191 e. The van der Waals surface area contributed by atoms with Crippen molar-refractivity contribution in [2.24, 2.45) is 4.99 Å². The Kier molecular flexibility index (Phi) is 9.75. The van der Waals surface area contributed by atoms with E-state index < -0.39 is 0 Å². The summed E-state index contributed by atoms with van der Waals surface area (Å²) < 4.78 is 1.11. The molecule has 1 fully saturated rings. The van der Waals surface area contributed by atoms with E-state index in [0.29, 0.717) is 12.6 Å². The van der Waals surface area contributed by atoms with E-state index in [9.17, 15) is 0 Å². The smallest absolute Gasteiger partial charge is 0.191 e. The van der Waals surface area contributed by atoms with Crippen LogP contribution in [0.2, 0.25) is 0 Å². The largest absolute Gasteiger partial charge is 0.357 e. The number of nitrogens with one attached hydrogen (secondary N) is 2. The van der Waals surface area contributed by atoms with E-state index in [1.165, 1.54) is 29.9 Å². The molecule has 1 saturated heterocycles. The molecule has 2 N–H and O–H groups in total. The Morgan fingerprint density at radius 1 is 1.38 bits per heavy atom. The number of hydrogen-bond acceptors (Lipinski definition) is 2. The summed E-state index contributed by atoms with van der Waals surface area (Å²) in [5, 5.41) is 6.88. The SMILES string of the molecule is CCNC(=NCc1ccc(Br)cc1)NC1CCCSC1.I. The van der Waals surface area contributed by atoms with Crippen molar-refractivity contribution >= 4 is 57.6 Å². The normalized spacial score (nSPS) is 18.8. The molecule has 118 valence electrons. The van der Waals surface area contributed by atoms with Gasteiger partial charge < -0.3 is 10.6 Å². The van der Waals surface area contributed by atoms with Gasteiger partial charge in [-0.25, -0.2) is 4.99 Å². The maximum atomic E-state index is 4.68. The molecule has 6 heteroatoms. The first kappa shape index (κ1) is 19.1. The zero-order valence-electron chi connectivity index (χ0n) is 12.3. The molecule has 1 aliphatic heterocycles. The topological polar surface area (TPSA) is 36.4 Å². The number of nitrogens with zero attached hydrogens (tertiary/aromatic N) is 1. The number of hydrogen-bond donors (Lipinski definition) is 2. The van der Waals surface area contributed by atoms with Gasteiger partial charge in [0.05, 0.1) is 6.54 Å². The lowest BCUT2D eigenvalue weighted by Crippen LogP contribution is -2.45. The van der Waals surface area contributed by atoms with Crippen molar-refractivity contribution in [3.05, 3.63) is 34.3 Å². The number of rotatable bonds is 4. The van der Waals surface area contributed by atoms with E-state index in [1.807, 2.05) is 11.8 Å². The molecule has 1 aliphatic rings. The van der Waals surface area contributed by atoms with Crippen LogP contribution in [0.25, 0.3) is 0 Å². The predicted octanol–water partition coefficient (Wildman–Crippen LogP) is 4.02. The third-order valence-electron chi connectivity index (χ3n) is 3.18. The summed E-state index contributed by atoms with van der Waals surface area (Å²) in [6.07, 6.45) is 2.55. The van der Waals surface area contributed by atoms with Crippen molar-refractivity contribution in [2.45, 2.75) is 32.4 Å². The first-order chi connectivity index (χ1) is 9.78. The van der Waals surface area contributed by atoms with Gasteiger partial charge in [-0.05, 0) is 43.2 Å². The molecule has 0 aromatic heterocycles. The Bertz CT molecular complexity index is 433. The van der Waals surface area contributed by atoms with Crippen molar-refractivity contribution in [3.63, 3.8) is 0 Å². The summed E-state index contributed by atoms with van der Waals surface area (Å²) in [5.41, 5.74) is 1.23. The molecule has 1 aromatic carbocycles. The Morgan fingerprint density at radius 3 is 2.76 bits per heavy atom. The molecule has 0 aliphatic carbocycles. The highest BCUT2D eigenvalue weighted by Gasteiger charge is 2.14. The Hall–Kier alpha value is 0.0500. The monoisotopic (exact) mass is 483 g/mol. The molecule has 21 heavy (non-hydrogen) atoms. The fraction of sp³-hybridized carbons (Fsp3) is 0.533. The average Bonchev–Trinajstić information content (AvgIpc) is 2.48. The summed E-state index contributed by atoms with van der Waals surface area (Å²) in [4.78, 5) is 4.68. The van der Waals surface area contributed by atoms with Crippen molar-refractivity contribution < 1.29 is 0 Å². The van der Waals surface area contributed by atoms with E-state index in [-0.39, 0.29) is 24.0 Å². The molecule has 0 amide bonds. The van der Waals surface area contributed by atoms with Gasteiger partial charge in [0.1, 0.15) is 0 Å². The minimum absolute atomic E-state index is 0. The van der Waals surface area contributed by atoms with E-state index in [4.69, 9.17) is 0 Å². The second kappa shape index (κ2) is 10.7. The molecule has 1 heterocycles. The fourth-order valence-electron chi connectivity index (χ4n) is 2.13. The highest BCUT2D eigenvalue weighted by Crippen LogP contribution is 2.16. The third kappa shape index (κ3) is 7.23. The lowest BCUT2D eigenvalue weighted by Gasteiger charge is -2.24. The van der Waals surface area contributed by atoms with Crippen LogP contribution in [0.5, 0.6) is 0 Å². The zero-order valence-corrected chi connectivity index (χ0v) is 17.0. The van der Waals surface area contributed by atoms with Gasteiger partial charge in [-0.3, -0.25) is 0 Å². The number of benzene rings is 1. The maximum absolute atomic E-state index is 4.68. The lowest BCUT2D eigenvalue weighted by molar-refractivity contribution is 0.582. The molecule has 0 spiro atoms. The van der Waals surface area contributed by atoms with Crippen LogP contribution in [0.15, 0.2) is 33.7 Å². The van der Waals surface area contributed by atoms with Crippen LogP contribution in [0.1, 0.15) is 25.3 Å². The Labute approximate surface area is 157 Å². The predicted molar refractivity (Wildman–Crippen MR) is 108 cm³/mol. The molecule has 1 aromatic rings. The van der Waals surface area contributed by atoms with E-state index in [0.717, 1.165) is 17.0 Å². The van der Waals surface area contributed by atoms with Crippen LogP contribution in [0.3, 0.4) is 0 Å². The quantitative estimate of drug-likeness (QED) is 0.385. The highest BCUT2D eigenvalue weighted by atomic mass is 127. The number of halogens is 2. The highest BCUT2D eigenvalue weighted by molar-refractivity contribution is 14.0. The van der Waals surface area contributed by atoms with Crippen molar-refractivity contribution in [1.29, 1.82) is 0 Å². The van der Waals surface area contributed by atoms with Gasteiger partial charge in [0.2, 0.25) is 0 Å². The van der Waals surface area contributed by atoms with Crippen molar-refractivity contribution in [3.8, 4) is 0 Å². The van der Waals surface area contributed by atoms with E-state index >= 15 is 0 Å². The van der Waals surface area contributed by atoms with Gasteiger partial charge in [0.25, 0.3) is 0 Å². The van der Waals surface area contributed by atoms with Crippen LogP contribution in [0.4, 0.5) is 0 Å². The molecule has 0 saturated carbocycles. The molecule has 1 atom stereocenters. The molecule has 0 bridgehead atoms. The van der Waals surface area contributed by atoms with Gasteiger partial charge in [-0.2, -0.15) is 11.8 Å². The van der Waals surface area contributed by atoms with Crippen LogP contribution in [-0.4, -0.2) is 30.1 Å². The average molecular weight is 484 g/mol. The van der Waals surface area contributed by atoms with Crippen LogP contribution in [0, 0.1) is 0 Å². The Morgan fingerprint density at radius 2 is 2.14 bits per heavy atom. The van der Waals surface area contributed by atoms with Crippen LogP contribution in [-0.2, 0) is 6.54 Å². The first-order valence-corrected chi connectivity index (χ1v) is 9.09. The molecule has 1 unspecified atom stereocenters. The summed E-state index contributed by atoms with van der Waals surface area (Å²) in [6.45, 7) is 3.71. The zero-order chi connectivity index (χ0) is 14.2. The molecule has 0 radical (unpaired) electrons. The van der Waals surface area contributed by atoms with Gasteiger partial charge in [-0.1, -0.05) is 28.1 Å². The van der Waals surface area contributed by atoms with Crippen LogP contribution >= 0.6 is 51.7 Å². The molecule has 3 nitrogen and oxygen atoms in total. The molecule has 2 rings (SSSR count). The second-order valence-corrected chi connectivity index (χ2v) is 6.95. The van der Waals surface area contributed by atoms with Gasteiger partial charge >= 0.3 is 0 Å². The summed E-state index contributed by atoms with van der Waals surface area (Å²) >= 11 is 5.48. The van der Waals surface area contributed by atoms with Crippen molar-refractivity contribution in [2.75, 3.05) is 18.1 Å². The minimum atomic E-state index is 0. The second-order valence-electron chi connectivity index (χ2n) is 4.88. The van der Waals surface area contributed by atoms with Gasteiger partial charge in [0.15, 0.2) is 5.96 Å². The standard InChI is InChI=1S/C15H22BrN3S.HI/c1-2-17-15(19-14-4-3-9-20-11-14)18-10-12-5-7-13(16)8-6-12;/h5-8,14H,2-4,9-11H2,1H3,(H2,17,18,19);1H.